The van der Waals surface area contributed by atoms with Crippen LogP contribution in [0.3, 0.4) is 0 Å². The minimum atomic E-state index is -1.75. The number of hydrogen-bond acceptors (Lipinski definition) is 7. The molecule has 186 valence electrons. The number of nitrogens with two attached hydrogens (primary N) is 1. The number of aryl methyl sites for hydroxylation is 1. The van der Waals surface area contributed by atoms with E-state index in [0.717, 1.165) is 5.69 Å². The van der Waals surface area contributed by atoms with E-state index in [0.29, 0.717) is 28.4 Å². The number of anilines is 1. The lowest BCUT2D eigenvalue weighted by molar-refractivity contribution is -0.0250. The monoisotopic (exact) mass is 490 g/mol. The number of aliphatic imine (C=N–C) groups is 2. The Hall–Kier alpha value is -4.21. The van der Waals surface area contributed by atoms with Crippen molar-refractivity contribution >= 4 is 17.6 Å². The topological polar surface area (TPSA) is 97.9 Å². The van der Waals surface area contributed by atoms with Crippen LogP contribution in [0.25, 0.3) is 0 Å². The number of benzene rings is 2. The molecule has 0 amide bonds. The molecule has 2 aromatic carbocycles. The first-order valence-electron chi connectivity index (χ1n) is 11.7. The summed E-state index contributed by atoms with van der Waals surface area (Å²) in [5, 5.41) is 13.4. The van der Waals surface area contributed by atoms with E-state index in [4.69, 9.17) is 5.73 Å². The number of nitrogens with zero attached hydrogens (tertiary/aromatic N) is 5. The van der Waals surface area contributed by atoms with E-state index < -0.39 is 18.1 Å². The smallest absolute Gasteiger partial charge is 0.220 e. The van der Waals surface area contributed by atoms with Crippen molar-refractivity contribution in [3.8, 4) is 0 Å². The number of aromatic amines is 1. The minimum absolute atomic E-state index is 0.122. The molecule has 3 aromatic rings. The van der Waals surface area contributed by atoms with Crippen molar-refractivity contribution in [1.82, 2.24) is 20.2 Å². The quantitative estimate of drug-likeness (QED) is 0.415. The third kappa shape index (κ3) is 3.98. The van der Waals surface area contributed by atoms with Crippen molar-refractivity contribution in [2.24, 2.45) is 15.7 Å². The van der Waals surface area contributed by atoms with Gasteiger partial charge in [-0.25, -0.2) is 13.8 Å². The van der Waals surface area contributed by atoms with Gasteiger partial charge in [-0.3, -0.25) is 15.1 Å². The van der Waals surface area contributed by atoms with E-state index in [9.17, 15) is 0 Å². The van der Waals surface area contributed by atoms with Gasteiger partial charge in [-0.05, 0) is 26.3 Å². The Balaban J connectivity index is 1.68. The number of halogens is 2. The Morgan fingerprint density at radius 1 is 1.00 bits per heavy atom. The zero-order valence-electron chi connectivity index (χ0n) is 20.2. The van der Waals surface area contributed by atoms with Gasteiger partial charge in [0.15, 0.2) is 12.0 Å². The number of aromatic nitrogens is 2. The van der Waals surface area contributed by atoms with Crippen molar-refractivity contribution in [2.75, 3.05) is 5.32 Å². The fourth-order valence-corrected chi connectivity index (χ4v) is 4.58. The molecule has 10 heteroatoms. The summed E-state index contributed by atoms with van der Waals surface area (Å²) < 4.78 is 32.6. The first kappa shape index (κ1) is 23.5. The van der Waals surface area contributed by atoms with Gasteiger partial charge in [0.2, 0.25) is 17.9 Å². The van der Waals surface area contributed by atoms with Crippen LogP contribution in [0.1, 0.15) is 43.1 Å². The van der Waals surface area contributed by atoms with Gasteiger partial charge in [-0.1, -0.05) is 60.7 Å². The van der Waals surface area contributed by atoms with Crippen LogP contribution in [0.2, 0.25) is 0 Å². The summed E-state index contributed by atoms with van der Waals surface area (Å²) in [5.74, 6) is 0.580. The van der Waals surface area contributed by atoms with E-state index in [1.165, 1.54) is 5.01 Å². The molecule has 0 aliphatic carbocycles. The van der Waals surface area contributed by atoms with Gasteiger partial charge >= 0.3 is 0 Å². The van der Waals surface area contributed by atoms with Gasteiger partial charge in [0, 0.05) is 29.6 Å². The third-order valence-corrected chi connectivity index (χ3v) is 6.17. The van der Waals surface area contributed by atoms with Crippen LogP contribution < -0.4 is 11.1 Å². The Morgan fingerprint density at radius 3 is 2.22 bits per heavy atom. The van der Waals surface area contributed by atoms with Crippen molar-refractivity contribution in [3.05, 3.63) is 95.3 Å². The SMILES string of the molecule is Cc1cc(NC2(C(F)c3ccccc3)N=C(N)N=C3C2=CN(C(F)c2ccccc2)N3C(C)C)n[nH]1. The second kappa shape index (κ2) is 9.10. The maximum absolute atomic E-state index is 16.7. The summed E-state index contributed by atoms with van der Waals surface area (Å²) in [6, 6.07) is 19.0. The average molecular weight is 491 g/mol. The van der Waals surface area contributed by atoms with E-state index in [-0.39, 0.29) is 12.0 Å². The van der Waals surface area contributed by atoms with Crippen LogP contribution in [-0.4, -0.2) is 43.7 Å². The normalized spacial score (nSPS) is 21.0. The highest BCUT2D eigenvalue weighted by Gasteiger charge is 2.53. The summed E-state index contributed by atoms with van der Waals surface area (Å²) >= 11 is 0. The lowest BCUT2D eigenvalue weighted by atomic mass is 9.88. The Labute approximate surface area is 208 Å². The summed E-state index contributed by atoms with van der Waals surface area (Å²) in [5.41, 5.74) is 6.41. The van der Waals surface area contributed by atoms with E-state index in [1.807, 2.05) is 32.9 Å². The van der Waals surface area contributed by atoms with E-state index in [2.05, 4.69) is 25.5 Å². The molecule has 8 nitrogen and oxygen atoms in total. The molecule has 0 saturated carbocycles. The molecule has 3 unspecified atom stereocenters. The number of alkyl halides is 2. The van der Waals surface area contributed by atoms with Gasteiger partial charge < -0.3 is 11.1 Å². The molecular weight excluding hydrogens is 462 g/mol. The molecule has 1 aromatic heterocycles. The number of amidine groups is 1. The van der Waals surface area contributed by atoms with Crippen molar-refractivity contribution in [3.63, 3.8) is 0 Å². The predicted octanol–water partition coefficient (Wildman–Crippen LogP) is 4.76. The zero-order valence-corrected chi connectivity index (χ0v) is 20.2. The average Bonchev–Trinajstić information content (AvgIpc) is 3.47. The largest absolute Gasteiger partial charge is 0.368 e. The summed E-state index contributed by atoms with van der Waals surface area (Å²) in [6.45, 7) is 5.65. The number of hydrazine groups is 1. The maximum Gasteiger partial charge on any atom is 0.220 e. The number of fused-ring (bicyclic) bond motifs is 1. The second-order valence-corrected chi connectivity index (χ2v) is 9.11. The molecule has 3 atom stereocenters. The van der Waals surface area contributed by atoms with Crippen LogP contribution in [0.5, 0.6) is 0 Å². The predicted molar refractivity (Wildman–Crippen MR) is 136 cm³/mol. The Morgan fingerprint density at radius 2 is 1.64 bits per heavy atom. The molecule has 36 heavy (non-hydrogen) atoms. The number of H-pyrrole nitrogens is 1. The Bertz CT molecular complexity index is 1320. The van der Waals surface area contributed by atoms with Gasteiger partial charge in [-0.15, -0.1) is 0 Å². The van der Waals surface area contributed by atoms with Crippen LogP contribution in [0.4, 0.5) is 14.6 Å². The van der Waals surface area contributed by atoms with Crippen LogP contribution in [-0.2, 0) is 0 Å². The molecule has 0 spiro atoms. The highest BCUT2D eigenvalue weighted by atomic mass is 19.1. The Kier molecular flexibility index (Phi) is 5.95. The summed E-state index contributed by atoms with van der Waals surface area (Å²) in [4.78, 5) is 8.97. The third-order valence-electron chi connectivity index (χ3n) is 6.17. The molecule has 0 fully saturated rings. The molecule has 2 aliphatic heterocycles. The van der Waals surface area contributed by atoms with Gasteiger partial charge in [0.25, 0.3) is 0 Å². The van der Waals surface area contributed by atoms with Gasteiger partial charge in [0.1, 0.15) is 5.82 Å². The molecule has 2 aliphatic rings. The molecule has 5 rings (SSSR count). The van der Waals surface area contributed by atoms with E-state index in [1.54, 1.807) is 65.8 Å². The number of hydrogen-bond donors (Lipinski definition) is 3. The van der Waals surface area contributed by atoms with E-state index >= 15 is 8.78 Å². The summed E-state index contributed by atoms with van der Waals surface area (Å²) in [7, 11) is 0. The van der Waals surface area contributed by atoms with Crippen molar-refractivity contribution in [1.29, 1.82) is 0 Å². The molecular formula is C26H28F2N8. The minimum Gasteiger partial charge on any atom is -0.368 e. The summed E-state index contributed by atoms with van der Waals surface area (Å²) in [6.07, 6.45) is -1.68. The van der Waals surface area contributed by atoms with Crippen LogP contribution >= 0.6 is 0 Å². The number of guanidine groups is 1. The van der Waals surface area contributed by atoms with Crippen molar-refractivity contribution in [2.45, 2.75) is 44.9 Å². The first-order valence-corrected chi connectivity index (χ1v) is 11.7. The molecule has 0 saturated heterocycles. The highest BCUT2D eigenvalue weighted by molar-refractivity contribution is 6.10. The second-order valence-electron chi connectivity index (χ2n) is 9.11. The number of rotatable bonds is 7. The number of nitrogens with one attached hydrogen (secondary N) is 2. The zero-order chi connectivity index (χ0) is 25.4. The van der Waals surface area contributed by atoms with Crippen LogP contribution in [0, 0.1) is 6.92 Å². The molecule has 0 radical (unpaired) electrons. The lowest BCUT2D eigenvalue weighted by Crippen LogP contribution is -2.52. The van der Waals surface area contributed by atoms with Gasteiger partial charge in [-0.2, -0.15) is 10.1 Å². The fraction of sp³-hybridized carbons (Fsp3) is 0.269. The molecule has 0 bridgehead atoms. The molecule has 4 N–H and O–H groups in total. The standard InChI is InChI=1S/C26H28F2N8/c1-16(2)36-24-20(15-35(36)23(28)19-12-8-5-9-13-19)26(32-25(29)30-24,31-21-14-17(3)33-34-21)22(27)18-10-6-4-7-11-18/h4-16,22-23H,1-3H3,(H2,29,32)(H2,31,33,34). The highest BCUT2D eigenvalue weighted by Crippen LogP contribution is 2.46. The van der Waals surface area contributed by atoms with Gasteiger partial charge in [0.05, 0.1) is 5.57 Å². The van der Waals surface area contributed by atoms with Crippen LogP contribution in [0.15, 0.2) is 88.5 Å². The van der Waals surface area contributed by atoms with Crippen molar-refractivity contribution < 1.29 is 8.78 Å². The first-order chi connectivity index (χ1) is 17.3. The maximum atomic E-state index is 16.7. The molecule has 3 heterocycles. The fourth-order valence-electron chi connectivity index (χ4n) is 4.58. The lowest BCUT2D eigenvalue weighted by Gasteiger charge is -2.39.